The second-order valence-electron chi connectivity index (χ2n) is 7.97. The number of fused-ring (bicyclic) bond motifs is 1. The summed E-state index contributed by atoms with van der Waals surface area (Å²) in [7, 11) is 0. The monoisotopic (exact) mass is 287 g/mol. The zero-order valence-corrected chi connectivity index (χ0v) is 13.7. The van der Waals surface area contributed by atoms with Gasteiger partial charge in [-0.1, -0.05) is 26.8 Å². The number of aromatic hydroxyl groups is 1. The van der Waals surface area contributed by atoms with E-state index in [9.17, 15) is 5.11 Å². The summed E-state index contributed by atoms with van der Waals surface area (Å²) in [5.74, 6) is 1.28. The van der Waals surface area contributed by atoms with Gasteiger partial charge in [-0.25, -0.2) is 0 Å². The van der Waals surface area contributed by atoms with Gasteiger partial charge in [0.1, 0.15) is 5.75 Å². The number of benzene rings is 1. The fourth-order valence-electron chi connectivity index (χ4n) is 4.23. The van der Waals surface area contributed by atoms with Gasteiger partial charge in [-0.05, 0) is 79.8 Å². The highest BCUT2D eigenvalue weighted by Crippen LogP contribution is 2.40. The summed E-state index contributed by atoms with van der Waals surface area (Å²) < 4.78 is 0. The van der Waals surface area contributed by atoms with Gasteiger partial charge in [0.05, 0.1) is 0 Å². The molecule has 21 heavy (non-hydrogen) atoms. The maximum atomic E-state index is 9.70. The topological polar surface area (TPSA) is 23.5 Å². The van der Waals surface area contributed by atoms with Gasteiger partial charge in [0.2, 0.25) is 0 Å². The van der Waals surface area contributed by atoms with Gasteiger partial charge in [0.25, 0.3) is 0 Å². The maximum absolute atomic E-state index is 9.70. The van der Waals surface area contributed by atoms with Crippen molar-refractivity contribution in [2.45, 2.75) is 58.9 Å². The summed E-state index contributed by atoms with van der Waals surface area (Å²) >= 11 is 0. The minimum absolute atomic E-state index is 0.417. The molecule has 3 rings (SSSR count). The second kappa shape index (κ2) is 5.64. The molecule has 2 nitrogen and oxygen atoms in total. The van der Waals surface area contributed by atoms with Gasteiger partial charge in [-0.3, -0.25) is 4.90 Å². The molecule has 1 aromatic carbocycles. The molecule has 1 fully saturated rings. The summed E-state index contributed by atoms with van der Waals surface area (Å²) in [6.07, 6.45) is 6.30. The van der Waals surface area contributed by atoms with Gasteiger partial charge < -0.3 is 5.11 Å². The lowest BCUT2D eigenvalue weighted by molar-refractivity contribution is 0.0760. The number of piperidine rings is 1. The molecule has 1 N–H and O–H groups in total. The minimum Gasteiger partial charge on any atom is -0.508 e. The zero-order valence-electron chi connectivity index (χ0n) is 13.7. The summed E-state index contributed by atoms with van der Waals surface area (Å²) in [4.78, 5) is 2.69. The van der Waals surface area contributed by atoms with Crippen molar-refractivity contribution in [2.24, 2.45) is 11.3 Å². The van der Waals surface area contributed by atoms with Gasteiger partial charge in [0, 0.05) is 6.04 Å². The van der Waals surface area contributed by atoms with Crippen LogP contribution in [-0.4, -0.2) is 23.1 Å². The number of nitrogens with zero attached hydrogens (tertiary/aromatic N) is 1. The first-order valence-corrected chi connectivity index (χ1v) is 8.51. The van der Waals surface area contributed by atoms with E-state index in [2.05, 4.69) is 31.7 Å². The lowest BCUT2D eigenvalue weighted by atomic mass is 9.74. The van der Waals surface area contributed by atoms with Gasteiger partial charge in [-0.2, -0.15) is 0 Å². The van der Waals surface area contributed by atoms with Gasteiger partial charge >= 0.3 is 0 Å². The van der Waals surface area contributed by atoms with Crippen molar-refractivity contribution in [3.8, 4) is 5.75 Å². The van der Waals surface area contributed by atoms with E-state index < -0.39 is 0 Å². The maximum Gasteiger partial charge on any atom is 0.115 e. The summed E-state index contributed by atoms with van der Waals surface area (Å²) in [5, 5.41) is 9.70. The molecule has 0 spiro atoms. The van der Waals surface area contributed by atoms with Crippen LogP contribution in [0.25, 0.3) is 0 Å². The molecule has 1 saturated heterocycles. The molecule has 1 heterocycles. The van der Waals surface area contributed by atoms with E-state index in [0.717, 1.165) is 12.3 Å². The Bertz CT molecular complexity index is 495. The SMILES string of the molecule is CC(C)(C)C1CCN(C2CCCc3cc(O)ccc32)CC1. The fraction of sp³-hybridized carbons (Fsp3) is 0.684. The quantitative estimate of drug-likeness (QED) is 0.820. The molecule has 1 aliphatic carbocycles. The summed E-state index contributed by atoms with van der Waals surface area (Å²) in [5.41, 5.74) is 3.28. The normalized spacial score (nSPS) is 24.8. The third-order valence-corrected chi connectivity index (χ3v) is 5.60. The second-order valence-corrected chi connectivity index (χ2v) is 7.97. The zero-order chi connectivity index (χ0) is 15.0. The van der Waals surface area contributed by atoms with Crippen molar-refractivity contribution in [1.82, 2.24) is 4.90 Å². The van der Waals surface area contributed by atoms with Crippen LogP contribution in [0, 0.1) is 11.3 Å². The molecule has 0 amide bonds. The van der Waals surface area contributed by atoms with Crippen LogP contribution in [0.4, 0.5) is 0 Å². The first-order chi connectivity index (χ1) is 9.95. The Kier molecular flexibility index (Phi) is 4.00. The first kappa shape index (κ1) is 14.9. The Morgan fingerprint density at radius 3 is 2.48 bits per heavy atom. The number of hydrogen-bond donors (Lipinski definition) is 1. The molecule has 2 heteroatoms. The molecule has 1 unspecified atom stereocenters. The van der Waals surface area contributed by atoms with E-state index in [-0.39, 0.29) is 0 Å². The third-order valence-electron chi connectivity index (χ3n) is 5.60. The predicted molar refractivity (Wildman–Crippen MR) is 87.5 cm³/mol. The van der Waals surface area contributed by atoms with Crippen LogP contribution in [0.2, 0.25) is 0 Å². The molecular weight excluding hydrogens is 258 g/mol. The Morgan fingerprint density at radius 1 is 1.10 bits per heavy atom. The van der Waals surface area contributed by atoms with E-state index in [1.54, 1.807) is 0 Å². The molecule has 1 atom stereocenters. The first-order valence-electron chi connectivity index (χ1n) is 8.51. The molecule has 2 aliphatic rings. The Morgan fingerprint density at radius 2 is 1.81 bits per heavy atom. The van der Waals surface area contributed by atoms with Crippen molar-refractivity contribution in [3.05, 3.63) is 29.3 Å². The van der Waals surface area contributed by atoms with Crippen LogP contribution in [0.5, 0.6) is 5.75 Å². The molecular formula is C19H29NO. The van der Waals surface area contributed by atoms with Crippen molar-refractivity contribution in [2.75, 3.05) is 13.1 Å². The summed E-state index contributed by atoms with van der Waals surface area (Å²) in [6, 6.07) is 6.57. The van der Waals surface area contributed by atoms with Crippen LogP contribution in [0.3, 0.4) is 0 Å². The highest BCUT2D eigenvalue weighted by molar-refractivity contribution is 5.38. The van der Waals surface area contributed by atoms with E-state index >= 15 is 0 Å². The van der Waals surface area contributed by atoms with E-state index in [0.29, 0.717) is 17.2 Å². The van der Waals surface area contributed by atoms with Crippen LogP contribution < -0.4 is 0 Å². The van der Waals surface area contributed by atoms with Gasteiger partial charge in [0.15, 0.2) is 0 Å². The van der Waals surface area contributed by atoms with Crippen molar-refractivity contribution < 1.29 is 5.11 Å². The third kappa shape index (κ3) is 3.11. The largest absolute Gasteiger partial charge is 0.508 e. The number of phenolic OH excluding ortho intramolecular Hbond substituents is 1. The average Bonchev–Trinajstić information content (AvgIpc) is 2.45. The lowest BCUT2D eigenvalue weighted by Crippen LogP contribution is -2.41. The predicted octanol–water partition coefficient (Wildman–Crippen LogP) is 4.53. The van der Waals surface area contributed by atoms with E-state index in [1.807, 2.05) is 12.1 Å². The standard InChI is InChI=1S/C19H29NO/c1-19(2,3)15-9-11-20(12-10-15)18-6-4-5-14-13-16(21)7-8-17(14)18/h7-8,13,15,18,21H,4-6,9-12H2,1-3H3. The van der Waals surface area contributed by atoms with E-state index in [4.69, 9.17) is 0 Å². The number of rotatable bonds is 1. The molecule has 0 aromatic heterocycles. The highest BCUT2D eigenvalue weighted by Gasteiger charge is 2.33. The van der Waals surface area contributed by atoms with E-state index in [1.165, 1.54) is 49.9 Å². The lowest BCUT2D eigenvalue weighted by Gasteiger charge is -2.43. The molecule has 0 saturated carbocycles. The van der Waals surface area contributed by atoms with Crippen LogP contribution >= 0.6 is 0 Å². The molecule has 116 valence electrons. The smallest absolute Gasteiger partial charge is 0.115 e. The number of likely N-dealkylation sites (tertiary alicyclic amines) is 1. The number of aryl methyl sites for hydroxylation is 1. The summed E-state index contributed by atoms with van der Waals surface area (Å²) in [6.45, 7) is 9.60. The number of phenols is 1. The minimum atomic E-state index is 0.417. The molecule has 0 radical (unpaired) electrons. The van der Waals surface area contributed by atoms with Crippen molar-refractivity contribution in [3.63, 3.8) is 0 Å². The Hall–Kier alpha value is -1.02. The molecule has 1 aliphatic heterocycles. The Labute approximate surface area is 129 Å². The van der Waals surface area contributed by atoms with Crippen molar-refractivity contribution in [1.29, 1.82) is 0 Å². The van der Waals surface area contributed by atoms with Crippen LogP contribution in [0.15, 0.2) is 18.2 Å². The fourth-order valence-corrected chi connectivity index (χ4v) is 4.23. The number of hydrogen-bond acceptors (Lipinski definition) is 2. The molecule has 0 bridgehead atoms. The Balaban J connectivity index is 1.73. The average molecular weight is 287 g/mol. The van der Waals surface area contributed by atoms with Gasteiger partial charge in [-0.15, -0.1) is 0 Å². The van der Waals surface area contributed by atoms with Crippen LogP contribution in [-0.2, 0) is 6.42 Å². The van der Waals surface area contributed by atoms with Crippen LogP contribution in [0.1, 0.15) is 63.6 Å². The highest BCUT2D eigenvalue weighted by atomic mass is 16.3. The van der Waals surface area contributed by atoms with Crippen molar-refractivity contribution >= 4 is 0 Å². The molecule has 1 aromatic rings.